The fourth-order valence-corrected chi connectivity index (χ4v) is 2.88. The molecule has 0 aliphatic carbocycles. The maximum Gasteiger partial charge on any atom is 0.240 e. The highest BCUT2D eigenvalue weighted by Gasteiger charge is 2.09. The van der Waals surface area contributed by atoms with E-state index in [0.29, 0.717) is 10.7 Å². The highest BCUT2D eigenvalue weighted by molar-refractivity contribution is 7.11. The molecular weight excluding hydrogens is 346 g/mol. The number of hydrazone groups is 1. The van der Waals surface area contributed by atoms with Gasteiger partial charge in [-0.3, -0.25) is 9.59 Å². The molecule has 2 N–H and O–H groups in total. The van der Waals surface area contributed by atoms with Crippen molar-refractivity contribution in [3.05, 3.63) is 50.7 Å². The van der Waals surface area contributed by atoms with Crippen LogP contribution in [0.3, 0.4) is 0 Å². The first-order chi connectivity index (χ1) is 11.5. The molecule has 0 spiro atoms. The van der Waals surface area contributed by atoms with Crippen LogP contribution in [0.5, 0.6) is 0 Å². The van der Waals surface area contributed by atoms with E-state index in [4.69, 9.17) is 11.6 Å². The number of nitrogens with one attached hydrogen (secondary N) is 2. The van der Waals surface area contributed by atoms with Gasteiger partial charge in [-0.15, -0.1) is 11.3 Å². The van der Waals surface area contributed by atoms with E-state index in [1.807, 2.05) is 25.3 Å². The van der Waals surface area contributed by atoms with Gasteiger partial charge >= 0.3 is 0 Å². The van der Waals surface area contributed by atoms with Crippen LogP contribution in [0.4, 0.5) is 5.69 Å². The van der Waals surface area contributed by atoms with Crippen molar-refractivity contribution < 1.29 is 9.59 Å². The van der Waals surface area contributed by atoms with Crippen LogP contribution in [-0.4, -0.2) is 18.0 Å². The van der Waals surface area contributed by atoms with E-state index in [0.717, 1.165) is 16.0 Å². The number of carbonyl (C=O) groups is 2. The van der Waals surface area contributed by atoms with Crippen molar-refractivity contribution in [1.29, 1.82) is 0 Å². The highest BCUT2D eigenvalue weighted by Crippen LogP contribution is 2.23. The summed E-state index contributed by atoms with van der Waals surface area (Å²) < 4.78 is 0. The molecule has 2 rings (SSSR count). The number of hydrogen-bond donors (Lipinski definition) is 2. The Hall–Kier alpha value is -2.18. The lowest BCUT2D eigenvalue weighted by atomic mass is 10.2. The molecule has 0 saturated carbocycles. The average Bonchev–Trinajstić information content (AvgIpc) is 2.95. The van der Waals surface area contributed by atoms with Gasteiger partial charge in [0, 0.05) is 28.4 Å². The van der Waals surface area contributed by atoms with Crippen molar-refractivity contribution >= 4 is 46.7 Å². The Balaban J connectivity index is 1.77. The van der Waals surface area contributed by atoms with Crippen LogP contribution in [0.1, 0.15) is 28.8 Å². The number of anilines is 1. The molecule has 0 bridgehead atoms. The van der Waals surface area contributed by atoms with Crippen molar-refractivity contribution in [3.63, 3.8) is 0 Å². The molecule has 24 heavy (non-hydrogen) atoms. The molecule has 2 amide bonds. The second-order valence-corrected chi connectivity index (χ2v) is 6.58. The summed E-state index contributed by atoms with van der Waals surface area (Å²) in [7, 11) is 0. The van der Waals surface area contributed by atoms with Crippen molar-refractivity contribution in [3.8, 4) is 0 Å². The summed E-state index contributed by atoms with van der Waals surface area (Å²) in [5.74, 6) is -0.549. The molecule has 5 nitrogen and oxygen atoms in total. The zero-order valence-electron chi connectivity index (χ0n) is 13.4. The zero-order chi connectivity index (χ0) is 17.5. The molecule has 0 aliphatic rings. The smallest absolute Gasteiger partial charge is 0.240 e. The van der Waals surface area contributed by atoms with Crippen LogP contribution >= 0.6 is 22.9 Å². The van der Waals surface area contributed by atoms with E-state index in [9.17, 15) is 9.59 Å². The molecule has 2 aromatic rings. The number of hydrogen-bond acceptors (Lipinski definition) is 4. The van der Waals surface area contributed by atoms with Crippen LogP contribution in [0.15, 0.2) is 34.7 Å². The van der Waals surface area contributed by atoms with E-state index in [1.54, 1.807) is 35.8 Å². The second kappa shape index (κ2) is 8.61. The molecule has 7 heteroatoms. The van der Waals surface area contributed by atoms with E-state index in [2.05, 4.69) is 15.8 Å². The van der Waals surface area contributed by atoms with Gasteiger partial charge in [0.2, 0.25) is 11.8 Å². The number of amides is 2. The van der Waals surface area contributed by atoms with E-state index in [1.165, 1.54) is 0 Å². The van der Waals surface area contributed by atoms with Gasteiger partial charge in [0.1, 0.15) is 0 Å². The number of thiophene rings is 1. The predicted molar refractivity (Wildman–Crippen MR) is 98.8 cm³/mol. The van der Waals surface area contributed by atoms with Crippen LogP contribution in [0.25, 0.3) is 0 Å². The fraction of sp³-hybridized carbons (Fsp3) is 0.235. The van der Waals surface area contributed by atoms with Crippen molar-refractivity contribution in [2.75, 3.05) is 5.32 Å². The summed E-state index contributed by atoms with van der Waals surface area (Å²) in [6.07, 6.45) is 1.74. The summed E-state index contributed by atoms with van der Waals surface area (Å²) in [5, 5.41) is 9.20. The monoisotopic (exact) mass is 363 g/mol. The minimum absolute atomic E-state index is 0.0617. The van der Waals surface area contributed by atoms with Gasteiger partial charge < -0.3 is 5.32 Å². The van der Waals surface area contributed by atoms with Crippen LogP contribution < -0.4 is 10.7 Å². The van der Waals surface area contributed by atoms with E-state index in [-0.39, 0.29) is 24.7 Å². The first-order valence-corrected chi connectivity index (χ1v) is 8.64. The summed E-state index contributed by atoms with van der Waals surface area (Å²) >= 11 is 7.55. The quantitative estimate of drug-likeness (QED) is 0.603. The molecular formula is C17H18ClN3O2S. The molecule has 1 heterocycles. The number of benzene rings is 1. The van der Waals surface area contributed by atoms with Crippen LogP contribution in [0, 0.1) is 13.8 Å². The van der Waals surface area contributed by atoms with Gasteiger partial charge in [-0.25, -0.2) is 5.43 Å². The van der Waals surface area contributed by atoms with Crippen LogP contribution in [-0.2, 0) is 9.59 Å². The molecule has 1 aromatic carbocycles. The van der Waals surface area contributed by atoms with Gasteiger partial charge in [0.15, 0.2) is 0 Å². The molecule has 0 saturated heterocycles. The summed E-state index contributed by atoms with van der Waals surface area (Å²) in [6, 6.07) is 7.27. The van der Waals surface area contributed by atoms with Crippen molar-refractivity contribution in [1.82, 2.24) is 5.43 Å². The number of nitrogens with zero attached hydrogens (tertiary/aromatic N) is 1. The zero-order valence-corrected chi connectivity index (χ0v) is 15.0. The lowest BCUT2D eigenvalue weighted by Crippen LogP contribution is -2.20. The van der Waals surface area contributed by atoms with Gasteiger partial charge in [-0.2, -0.15) is 5.10 Å². The van der Waals surface area contributed by atoms with Crippen molar-refractivity contribution in [2.45, 2.75) is 26.7 Å². The van der Waals surface area contributed by atoms with E-state index >= 15 is 0 Å². The Morgan fingerprint density at radius 3 is 2.67 bits per heavy atom. The molecule has 126 valence electrons. The number of aryl methyl sites for hydroxylation is 1. The maximum atomic E-state index is 11.9. The van der Waals surface area contributed by atoms with Gasteiger partial charge in [-0.1, -0.05) is 17.7 Å². The number of carbonyl (C=O) groups excluding carboxylic acids is 2. The molecule has 0 unspecified atom stereocenters. The Labute approximate surface area is 149 Å². The third kappa shape index (κ3) is 5.18. The minimum Gasteiger partial charge on any atom is -0.326 e. The topological polar surface area (TPSA) is 70.6 Å². The van der Waals surface area contributed by atoms with E-state index < -0.39 is 0 Å². The third-order valence-corrected chi connectivity index (χ3v) is 4.76. The summed E-state index contributed by atoms with van der Waals surface area (Å²) in [6.45, 7) is 3.80. The number of halogens is 1. The lowest BCUT2D eigenvalue weighted by molar-refractivity contribution is -0.124. The minimum atomic E-state index is -0.307. The summed E-state index contributed by atoms with van der Waals surface area (Å²) in [4.78, 5) is 24.6. The predicted octanol–water partition coefficient (Wildman–Crippen LogP) is 3.89. The molecule has 0 radical (unpaired) electrons. The van der Waals surface area contributed by atoms with Gasteiger partial charge in [0.05, 0.1) is 6.21 Å². The molecule has 0 atom stereocenters. The van der Waals surface area contributed by atoms with Gasteiger partial charge in [0.25, 0.3) is 0 Å². The Bertz CT molecular complexity index is 771. The Morgan fingerprint density at radius 1 is 1.21 bits per heavy atom. The first kappa shape index (κ1) is 18.2. The SMILES string of the molecule is Cc1ccsc1/C=N/NC(=O)CCC(=O)Nc1cccc(Cl)c1C. The standard InChI is InChI=1S/C17H18ClN3O2S/c1-11-8-9-24-15(11)10-19-21-17(23)7-6-16(22)20-14-5-3-4-13(18)12(14)2/h3-5,8-10H,6-7H2,1-2H3,(H,20,22)(H,21,23)/b19-10+. The normalized spacial score (nSPS) is 10.8. The first-order valence-electron chi connectivity index (χ1n) is 7.38. The summed E-state index contributed by atoms with van der Waals surface area (Å²) in [5.41, 5.74) is 4.98. The Morgan fingerprint density at radius 2 is 1.96 bits per heavy atom. The van der Waals surface area contributed by atoms with Crippen molar-refractivity contribution in [2.24, 2.45) is 5.10 Å². The second-order valence-electron chi connectivity index (χ2n) is 5.22. The number of rotatable bonds is 6. The molecule has 0 fully saturated rings. The lowest BCUT2D eigenvalue weighted by Gasteiger charge is -2.09. The Kier molecular flexibility index (Phi) is 6.52. The van der Waals surface area contributed by atoms with Crippen LogP contribution in [0.2, 0.25) is 5.02 Å². The molecule has 0 aliphatic heterocycles. The third-order valence-electron chi connectivity index (χ3n) is 3.39. The average molecular weight is 364 g/mol. The largest absolute Gasteiger partial charge is 0.326 e. The maximum absolute atomic E-state index is 11.9. The van der Waals surface area contributed by atoms with Gasteiger partial charge in [-0.05, 0) is 48.6 Å². The highest BCUT2D eigenvalue weighted by atomic mass is 35.5. The fourth-order valence-electron chi connectivity index (χ4n) is 1.92. The molecule has 1 aromatic heterocycles.